The molecule has 3 unspecified atom stereocenters. The van der Waals surface area contributed by atoms with E-state index in [1.807, 2.05) is 18.7 Å². The Balaban J connectivity index is 2.19. The Kier molecular flexibility index (Phi) is 6.73. The highest BCUT2D eigenvalue weighted by atomic mass is 32.2. The number of aliphatic hydroxyl groups excluding tert-OH is 1. The van der Waals surface area contributed by atoms with Crippen LogP contribution in [0.3, 0.4) is 0 Å². The fraction of sp³-hybridized carbons (Fsp3) is 0.917. The SMILES string of the molecule is CCSC1CCC(NC(=O)NC(C)CCO)C1. The molecule has 0 saturated heterocycles. The summed E-state index contributed by atoms with van der Waals surface area (Å²) in [6.45, 7) is 4.19. The minimum atomic E-state index is -0.0990. The first-order chi connectivity index (χ1) is 8.15. The van der Waals surface area contributed by atoms with Gasteiger partial charge in [-0.05, 0) is 38.4 Å². The summed E-state index contributed by atoms with van der Waals surface area (Å²) >= 11 is 1.99. The first-order valence-corrected chi connectivity index (χ1v) is 7.50. The average molecular weight is 260 g/mol. The zero-order valence-corrected chi connectivity index (χ0v) is 11.6. The molecule has 5 heteroatoms. The van der Waals surface area contributed by atoms with Crippen molar-refractivity contribution in [2.75, 3.05) is 12.4 Å². The van der Waals surface area contributed by atoms with Crippen LogP contribution in [-0.4, -0.2) is 40.8 Å². The van der Waals surface area contributed by atoms with Crippen LogP contribution in [0.25, 0.3) is 0 Å². The third kappa shape index (κ3) is 5.64. The van der Waals surface area contributed by atoms with E-state index in [1.54, 1.807) is 0 Å². The maximum atomic E-state index is 11.6. The zero-order chi connectivity index (χ0) is 12.7. The Bertz CT molecular complexity index is 239. The van der Waals surface area contributed by atoms with E-state index in [-0.39, 0.29) is 18.7 Å². The van der Waals surface area contributed by atoms with Crippen molar-refractivity contribution in [3.63, 3.8) is 0 Å². The first kappa shape index (κ1) is 14.6. The third-order valence-corrected chi connectivity index (χ3v) is 4.29. The Morgan fingerprint density at radius 1 is 1.53 bits per heavy atom. The quantitative estimate of drug-likeness (QED) is 0.681. The molecule has 0 radical (unpaired) electrons. The predicted molar refractivity (Wildman–Crippen MR) is 72.4 cm³/mol. The molecule has 0 heterocycles. The summed E-state index contributed by atoms with van der Waals surface area (Å²) in [6, 6.07) is 0.251. The van der Waals surface area contributed by atoms with E-state index >= 15 is 0 Å². The number of urea groups is 1. The second-order valence-electron chi connectivity index (χ2n) is 4.62. The molecule has 1 aliphatic carbocycles. The lowest BCUT2D eigenvalue weighted by Crippen LogP contribution is -2.45. The third-order valence-electron chi connectivity index (χ3n) is 3.06. The van der Waals surface area contributed by atoms with E-state index in [4.69, 9.17) is 5.11 Å². The molecular formula is C12H24N2O2S. The second-order valence-corrected chi connectivity index (χ2v) is 6.20. The van der Waals surface area contributed by atoms with Crippen molar-refractivity contribution >= 4 is 17.8 Å². The highest BCUT2D eigenvalue weighted by Crippen LogP contribution is 2.29. The summed E-state index contributed by atoms with van der Waals surface area (Å²) in [5.74, 6) is 1.15. The average Bonchev–Trinajstić information content (AvgIpc) is 2.66. The number of carbonyl (C=O) groups excluding carboxylic acids is 1. The minimum absolute atomic E-state index is 0.0298. The summed E-state index contributed by atoms with van der Waals surface area (Å²) < 4.78 is 0. The number of amides is 2. The lowest BCUT2D eigenvalue weighted by Gasteiger charge is -2.17. The van der Waals surface area contributed by atoms with Gasteiger partial charge in [-0.1, -0.05) is 6.92 Å². The van der Waals surface area contributed by atoms with E-state index in [0.717, 1.165) is 18.6 Å². The Morgan fingerprint density at radius 3 is 2.94 bits per heavy atom. The van der Waals surface area contributed by atoms with E-state index in [9.17, 15) is 4.79 Å². The van der Waals surface area contributed by atoms with Crippen LogP contribution in [0.4, 0.5) is 4.79 Å². The van der Waals surface area contributed by atoms with Crippen LogP contribution < -0.4 is 10.6 Å². The Labute approximate surface area is 108 Å². The van der Waals surface area contributed by atoms with Gasteiger partial charge in [-0.3, -0.25) is 0 Å². The molecule has 1 aliphatic rings. The molecule has 17 heavy (non-hydrogen) atoms. The smallest absolute Gasteiger partial charge is 0.315 e. The molecule has 1 fully saturated rings. The van der Waals surface area contributed by atoms with Gasteiger partial charge in [-0.25, -0.2) is 4.79 Å². The lowest BCUT2D eigenvalue weighted by molar-refractivity contribution is 0.227. The van der Waals surface area contributed by atoms with Crippen LogP contribution >= 0.6 is 11.8 Å². The number of carbonyl (C=O) groups is 1. The van der Waals surface area contributed by atoms with Crippen molar-refractivity contribution in [3.8, 4) is 0 Å². The standard InChI is InChI=1S/C12H24N2O2S/c1-3-17-11-5-4-10(8-11)14-12(16)13-9(2)6-7-15/h9-11,15H,3-8H2,1-2H3,(H2,13,14,16). The summed E-state index contributed by atoms with van der Waals surface area (Å²) in [7, 11) is 0. The Hall–Kier alpha value is -0.420. The van der Waals surface area contributed by atoms with Crippen molar-refractivity contribution in [1.82, 2.24) is 10.6 Å². The molecule has 0 aromatic rings. The lowest BCUT2D eigenvalue weighted by atomic mass is 10.2. The summed E-state index contributed by atoms with van der Waals surface area (Å²) in [6.07, 6.45) is 3.97. The van der Waals surface area contributed by atoms with Crippen LogP contribution in [-0.2, 0) is 0 Å². The molecule has 0 aromatic carbocycles. The summed E-state index contributed by atoms with van der Waals surface area (Å²) in [5.41, 5.74) is 0. The van der Waals surface area contributed by atoms with E-state index in [0.29, 0.717) is 17.7 Å². The van der Waals surface area contributed by atoms with Crippen molar-refractivity contribution in [2.24, 2.45) is 0 Å². The number of nitrogens with one attached hydrogen (secondary N) is 2. The molecule has 100 valence electrons. The fourth-order valence-corrected chi connectivity index (χ4v) is 3.32. The maximum absolute atomic E-state index is 11.6. The zero-order valence-electron chi connectivity index (χ0n) is 10.7. The van der Waals surface area contributed by atoms with Gasteiger partial charge in [0.05, 0.1) is 0 Å². The molecule has 1 saturated carbocycles. The van der Waals surface area contributed by atoms with Crippen LogP contribution in [0.5, 0.6) is 0 Å². The molecule has 4 nitrogen and oxygen atoms in total. The first-order valence-electron chi connectivity index (χ1n) is 6.45. The largest absolute Gasteiger partial charge is 0.396 e. The molecule has 3 atom stereocenters. The highest BCUT2D eigenvalue weighted by Gasteiger charge is 2.25. The predicted octanol–water partition coefficient (Wildman–Crippen LogP) is 1.73. The number of hydrogen-bond acceptors (Lipinski definition) is 3. The molecule has 0 bridgehead atoms. The van der Waals surface area contributed by atoms with Gasteiger partial charge in [0.1, 0.15) is 0 Å². The van der Waals surface area contributed by atoms with Gasteiger partial charge in [0.2, 0.25) is 0 Å². The van der Waals surface area contributed by atoms with Crippen LogP contribution in [0, 0.1) is 0 Å². The second kappa shape index (κ2) is 7.82. The minimum Gasteiger partial charge on any atom is -0.396 e. The van der Waals surface area contributed by atoms with Gasteiger partial charge < -0.3 is 15.7 Å². The number of rotatable bonds is 6. The molecule has 0 spiro atoms. The molecule has 0 aliphatic heterocycles. The van der Waals surface area contributed by atoms with E-state index in [2.05, 4.69) is 17.6 Å². The monoisotopic (exact) mass is 260 g/mol. The van der Waals surface area contributed by atoms with Gasteiger partial charge in [-0.15, -0.1) is 0 Å². The van der Waals surface area contributed by atoms with Gasteiger partial charge in [-0.2, -0.15) is 11.8 Å². The van der Waals surface area contributed by atoms with Gasteiger partial charge >= 0.3 is 6.03 Å². The van der Waals surface area contributed by atoms with Gasteiger partial charge in [0, 0.05) is 23.9 Å². The molecular weight excluding hydrogens is 236 g/mol. The number of hydrogen-bond donors (Lipinski definition) is 3. The van der Waals surface area contributed by atoms with Gasteiger partial charge in [0.15, 0.2) is 0 Å². The molecule has 1 rings (SSSR count). The normalized spacial score (nSPS) is 25.6. The van der Waals surface area contributed by atoms with E-state index in [1.165, 1.54) is 6.42 Å². The molecule has 0 aromatic heterocycles. The van der Waals surface area contributed by atoms with Crippen molar-refractivity contribution < 1.29 is 9.90 Å². The molecule has 2 amide bonds. The summed E-state index contributed by atoms with van der Waals surface area (Å²) in [5, 5.41) is 15.3. The number of aliphatic hydroxyl groups is 1. The van der Waals surface area contributed by atoms with E-state index < -0.39 is 0 Å². The Morgan fingerprint density at radius 2 is 2.29 bits per heavy atom. The van der Waals surface area contributed by atoms with Gasteiger partial charge in [0.25, 0.3) is 0 Å². The summed E-state index contributed by atoms with van der Waals surface area (Å²) in [4.78, 5) is 11.6. The van der Waals surface area contributed by atoms with Crippen LogP contribution in [0.1, 0.15) is 39.5 Å². The van der Waals surface area contributed by atoms with Crippen molar-refractivity contribution in [3.05, 3.63) is 0 Å². The maximum Gasteiger partial charge on any atom is 0.315 e. The van der Waals surface area contributed by atoms with Crippen LogP contribution in [0.2, 0.25) is 0 Å². The topological polar surface area (TPSA) is 61.4 Å². The highest BCUT2D eigenvalue weighted by molar-refractivity contribution is 7.99. The fourth-order valence-electron chi connectivity index (χ4n) is 2.17. The number of thioether (sulfide) groups is 1. The van der Waals surface area contributed by atoms with Crippen molar-refractivity contribution in [1.29, 1.82) is 0 Å². The molecule has 3 N–H and O–H groups in total. The van der Waals surface area contributed by atoms with Crippen LogP contribution in [0.15, 0.2) is 0 Å². The van der Waals surface area contributed by atoms with Crippen molar-refractivity contribution in [2.45, 2.75) is 56.9 Å².